The number of anilines is 2. The summed E-state index contributed by atoms with van der Waals surface area (Å²) in [6.07, 6.45) is 1.14. The highest BCUT2D eigenvalue weighted by atomic mass is 16.4. The molecule has 2 aromatic carbocycles. The van der Waals surface area contributed by atoms with Crippen molar-refractivity contribution in [2.24, 2.45) is 0 Å². The number of aromatic nitrogens is 2. The Bertz CT molecular complexity index is 1260. The largest absolute Gasteiger partial charge is 0.475 e. The monoisotopic (exact) mass is 442 g/mol. The average Bonchev–Trinajstić information content (AvgIpc) is 2.83. The molecule has 2 N–H and O–H groups in total. The summed E-state index contributed by atoms with van der Waals surface area (Å²) in [5.74, 6) is -0.591. The van der Waals surface area contributed by atoms with Crippen LogP contribution in [0, 0.1) is 18.3 Å². The van der Waals surface area contributed by atoms with Gasteiger partial charge in [-0.15, -0.1) is 0 Å². The molecule has 1 saturated heterocycles. The maximum Gasteiger partial charge on any atom is 0.374 e. The maximum atomic E-state index is 11.8. The van der Waals surface area contributed by atoms with Gasteiger partial charge >= 0.3 is 5.97 Å². The molecule has 1 fully saturated rings. The van der Waals surface area contributed by atoms with Crippen LogP contribution in [0.1, 0.15) is 33.9 Å². The second-order valence-corrected chi connectivity index (χ2v) is 8.68. The fourth-order valence-electron chi connectivity index (χ4n) is 5.01. The van der Waals surface area contributed by atoms with Crippen LogP contribution < -0.4 is 15.1 Å². The van der Waals surface area contributed by atoms with Crippen LogP contribution in [0.3, 0.4) is 0 Å². The Balaban J connectivity index is 1.54. The Morgan fingerprint density at radius 1 is 1.21 bits per heavy atom. The molecule has 0 radical (unpaired) electrons. The first kappa shape index (κ1) is 21.2. The lowest BCUT2D eigenvalue weighted by Crippen LogP contribution is -2.51. The van der Waals surface area contributed by atoms with E-state index in [9.17, 15) is 9.90 Å². The smallest absolute Gasteiger partial charge is 0.374 e. The van der Waals surface area contributed by atoms with Gasteiger partial charge in [0, 0.05) is 48.9 Å². The summed E-state index contributed by atoms with van der Waals surface area (Å²) in [5, 5.41) is 24.6. The highest BCUT2D eigenvalue weighted by molar-refractivity contribution is 5.97. The Morgan fingerprint density at radius 2 is 2.03 bits per heavy atom. The van der Waals surface area contributed by atoms with Crippen LogP contribution >= 0.6 is 0 Å². The average molecular weight is 443 g/mol. The Kier molecular flexibility index (Phi) is 5.56. The molecule has 2 aliphatic heterocycles. The molecule has 0 aliphatic carbocycles. The first-order valence-corrected chi connectivity index (χ1v) is 11.3. The molecular weight excluding hydrogens is 416 g/mol. The van der Waals surface area contributed by atoms with E-state index in [4.69, 9.17) is 5.26 Å². The van der Waals surface area contributed by atoms with Crippen molar-refractivity contribution >= 4 is 28.2 Å². The third-order valence-corrected chi connectivity index (χ3v) is 6.56. The van der Waals surface area contributed by atoms with E-state index in [1.165, 1.54) is 16.3 Å². The summed E-state index contributed by atoms with van der Waals surface area (Å²) in [4.78, 5) is 25.2. The molecule has 0 saturated carbocycles. The molecule has 1 atom stereocenters. The second-order valence-electron chi connectivity index (χ2n) is 8.68. The number of carboxylic acid groups (broad SMARTS) is 1. The maximum absolute atomic E-state index is 11.8. The number of rotatable bonds is 4. The molecule has 3 heterocycles. The number of benzene rings is 2. The first-order chi connectivity index (χ1) is 16.0. The zero-order chi connectivity index (χ0) is 22.9. The molecule has 168 valence electrons. The second kappa shape index (κ2) is 8.68. The molecule has 1 aromatic heterocycles. The van der Waals surface area contributed by atoms with Crippen LogP contribution in [0.5, 0.6) is 0 Å². The summed E-state index contributed by atoms with van der Waals surface area (Å²) >= 11 is 0. The third kappa shape index (κ3) is 3.96. The number of hydrogen-bond donors (Lipinski definition) is 2. The predicted molar refractivity (Wildman–Crippen MR) is 127 cm³/mol. The summed E-state index contributed by atoms with van der Waals surface area (Å²) < 4.78 is 0. The third-order valence-electron chi connectivity index (χ3n) is 6.56. The normalized spacial score (nSPS) is 18.1. The van der Waals surface area contributed by atoms with Gasteiger partial charge < -0.3 is 20.2 Å². The minimum atomic E-state index is -1.12. The van der Waals surface area contributed by atoms with Gasteiger partial charge in [0.1, 0.15) is 5.82 Å². The zero-order valence-electron chi connectivity index (χ0n) is 18.6. The first-order valence-electron chi connectivity index (χ1n) is 11.3. The van der Waals surface area contributed by atoms with Crippen LogP contribution in [0.4, 0.5) is 11.5 Å². The van der Waals surface area contributed by atoms with E-state index in [-0.39, 0.29) is 11.9 Å². The van der Waals surface area contributed by atoms with Crippen molar-refractivity contribution in [3.8, 4) is 6.07 Å². The summed E-state index contributed by atoms with van der Waals surface area (Å²) in [5.41, 5.74) is 4.15. The molecule has 2 aliphatic rings. The number of aromatic carboxylic acids is 1. The number of nitrogens with zero attached hydrogens (tertiary/aromatic N) is 5. The molecule has 8 heteroatoms. The predicted octanol–water partition coefficient (Wildman–Crippen LogP) is 2.89. The molecule has 0 spiro atoms. The highest BCUT2D eigenvalue weighted by Gasteiger charge is 2.29. The Morgan fingerprint density at radius 3 is 2.82 bits per heavy atom. The number of piperazine rings is 1. The number of carbonyl (C=O) groups is 1. The number of hydrogen-bond acceptors (Lipinski definition) is 7. The van der Waals surface area contributed by atoms with E-state index in [1.807, 2.05) is 0 Å². The van der Waals surface area contributed by atoms with Crippen LogP contribution in [0.25, 0.3) is 10.8 Å². The fourth-order valence-corrected chi connectivity index (χ4v) is 5.01. The highest BCUT2D eigenvalue weighted by Crippen LogP contribution is 2.34. The number of fused-ring (bicyclic) bond motifs is 2. The van der Waals surface area contributed by atoms with Gasteiger partial charge in [0.05, 0.1) is 24.7 Å². The molecule has 33 heavy (non-hydrogen) atoms. The lowest BCUT2D eigenvalue weighted by molar-refractivity contribution is 0.0683. The minimum Gasteiger partial charge on any atom is -0.475 e. The Hall–Kier alpha value is -3.70. The van der Waals surface area contributed by atoms with E-state index in [2.05, 4.69) is 74.5 Å². The van der Waals surface area contributed by atoms with Crippen LogP contribution in [0.2, 0.25) is 0 Å². The van der Waals surface area contributed by atoms with E-state index < -0.39 is 5.97 Å². The van der Waals surface area contributed by atoms with Crippen molar-refractivity contribution in [1.29, 1.82) is 5.26 Å². The van der Waals surface area contributed by atoms with Gasteiger partial charge in [0.2, 0.25) is 5.82 Å². The minimum absolute atomic E-state index is 0.0430. The summed E-state index contributed by atoms with van der Waals surface area (Å²) in [6, 6.07) is 14.9. The van der Waals surface area contributed by atoms with E-state index in [0.717, 1.165) is 43.0 Å². The molecule has 8 nitrogen and oxygen atoms in total. The molecule has 0 amide bonds. The van der Waals surface area contributed by atoms with Crippen LogP contribution in [-0.2, 0) is 13.0 Å². The number of carboxylic acids is 1. The zero-order valence-corrected chi connectivity index (χ0v) is 18.6. The van der Waals surface area contributed by atoms with Crippen LogP contribution in [-0.4, -0.2) is 53.3 Å². The summed E-state index contributed by atoms with van der Waals surface area (Å²) in [7, 11) is 0. The van der Waals surface area contributed by atoms with E-state index in [1.54, 1.807) is 0 Å². The van der Waals surface area contributed by atoms with E-state index in [0.29, 0.717) is 25.3 Å². The van der Waals surface area contributed by atoms with Gasteiger partial charge in [-0.2, -0.15) is 5.26 Å². The van der Waals surface area contributed by atoms with Crippen molar-refractivity contribution in [3.63, 3.8) is 0 Å². The van der Waals surface area contributed by atoms with Gasteiger partial charge in [-0.3, -0.25) is 0 Å². The standard InChI is InChI=1S/C25H26N6O2/c1-16-4-2-5-17-6-3-7-21(22(16)17)30-12-9-19-20(15-30)28-23(25(32)33)29-24(19)31-13-11-27-18(14-31)8-10-26/h2-7,18,27H,8-9,11-15H2,1H3,(H,32,33). The lowest BCUT2D eigenvalue weighted by atomic mass is 9.99. The quantitative estimate of drug-likeness (QED) is 0.635. The van der Waals surface area contributed by atoms with Crippen molar-refractivity contribution in [2.75, 3.05) is 36.0 Å². The number of nitrogens with one attached hydrogen (secondary N) is 1. The van der Waals surface area contributed by atoms with Crippen molar-refractivity contribution in [3.05, 3.63) is 59.0 Å². The van der Waals surface area contributed by atoms with Crippen molar-refractivity contribution in [2.45, 2.75) is 32.4 Å². The van der Waals surface area contributed by atoms with Gasteiger partial charge in [-0.05, 0) is 30.4 Å². The van der Waals surface area contributed by atoms with Gasteiger partial charge in [-0.1, -0.05) is 30.3 Å². The molecule has 5 rings (SSSR count). The Labute approximate surface area is 192 Å². The van der Waals surface area contributed by atoms with Crippen molar-refractivity contribution < 1.29 is 9.90 Å². The molecule has 3 aromatic rings. The SMILES string of the molecule is Cc1cccc2cccc(N3CCc4c(nc(C(=O)O)nc4N4CCNC(CC#N)C4)C3)c12. The fraction of sp³-hybridized carbons (Fsp3) is 0.360. The molecule has 1 unspecified atom stereocenters. The van der Waals surface area contributed by atoms with Crippen molar-refractivity contribution in [1.82, 2.24) is 15.3 Å². The summed E-state index contributed by atoms with van der Waals surface area (Å²) in [6.45, 7) is 5.53. The van der Waals surface area contributed by atoms with Crippen LogP contribution in [0.15, 0.2) is 36.4 Å². The van der Waals surface area contributed by atoms with Gasteiger partial charge in [-0.25, -0.2) is 14.8 Å². The van der Waals surface area contributed by atoms with Gasteiger partial charge in [0.15, 0.2) is 0 Å². The number of nitriles is 1. The van der Waals surface area contributed by atoms with Gasteiger partial charge in [0.25, 0.3) is 0 Å². The molecule has 0 bridgehead atoms. The topological polar surface area (TPSA) is 105 Å². The molecular formula is C25H26N6O2. The number of aryl methyl sites for hydroxylation is 1. The van der Waals surface area contributed by atoms with E-state index >= 15 is 0 Å². The lowest BCUT2D eigenvalue weighted by Gasteiger charge is -2.37.